The Kier molecular flexibility index (Phi) is 5.44. The number of rotatable bonds is 3. The van der Waals surface area contributed by atoms with Crippen molar-refractivity contribution in [3.63, 3.8) is 0 Å². The Balaban J connectivity index is 2.10. The van der Waals surface area contributed by atoms with Gasteiger partial charge in [0, 0.05) is 15.6 Å². The zero-order chi connectivity index (χ0) is 14.4. The second-order valence-electron chi connectivity index (χ2n) is 5.01. The van der Waals surface area contributed by atoms with Crippen LogP contribution in [-0.2, 0) is 6.42 Å². The predicted molar refractivity (Wildman–Crippen MR) is 89.9 cm³/mol. The third-order valence-corrected chi connectivity index (χ3v) is 4.17. The summed E-state index contributed by atoms with van der Waals surface area (Å²) in [5, 5.41) is 0. The van der Waals surface area contributed by atoms with Gasteiger partial charge in [0.15, 0.2) is 0 Å². The normalized spacial score (nSPS) is 9.95. The molecule has 0 aliphatic carbocycles. The van der Waals surface area contributed by atoms with Crippen LogP contribution in [0.3, 0.4) is 0 Å². The summed E-state index contributed by atoms with van der Waals surface area (Å²) in [5.41, 5.74) is 4.75. The molecule has 0 atom stereocenters. The number of unbranched alkanes of at least 4 members (excludes halogenated alkanes) is 1. The third kappa shape index (κ3) is 4.25. The Morgan fingerprint density at radius 3 is 2.25 bits per heavy atom. The van der Waals surface area contributed by atoms with E-state index in [4.69, 9.17) is 0 Å². The molecule has 0 aromatic heterocycles. The van der Waals surface area contributed by atoms with E-state index >= 15 is 0 Å². The molecule has 0 aliphatic rings. The molecule has 0 N–H and O–H groups in total. The van der Waals surface area contributed by atoms with Gasteiger partial charge in [0.05, 0.1) is 0 Å². The standard InChI is InChI=1S/C19H19Br/c1-3-4-5-16-6-8-17(9-7-16)10-11-18-12-13-19(20)15(2)14-18/h6-9,12-14H,3-5H2,1-2H3. The molecule has 0 amide bonds. The van der Waals surface area contributed by atoms with Crippen molar-refractivity contribution in [2.24, 2.45) is 0 Å². The van der Waals surface area contributed by atoms with Crippen molar-refractivity contribution in [2.75, 3.05) is 0 Å². The maximum absolute atomic E-state index is 3.51. The first-order valence-corrected chi connectivity index (χ1v) is 7.85. The Morgan fingerprint density at radius 2 is 1.60 bits per heavy atom. The highest BCUT2D eigenvalue weighted by atomic mass is 79.9. The molecule has 0 spiro atoms. The van der Waals surface area contributed by atoms with Gasteiger partial charge in [0.2, 0.25) is 0 Å². The van der Waals surface area contributed by atoms with Gasteiger partial charge in [-0.3, -0.25) is 0 Å². The van der Waals surface area contributed by atoms with E-state index in [1.54, 1.807) is 0 Å². The lowest BCUT2D eigenvalue weighted by Gasteiger charge is -1.99. The zero-order valence-electron chi connectivity index (χ0n) is 12.0. The van der Waals surface area contributed by atoms with Gasteiger partial charge >= 0.3 is 0 Å². The van der Waals surface area contributed by atoms with Crippen LogP contribution >= 0.6 is 15.9 Å². The third-order valence-electron chi connectivity index (χ3n) is 3.28. The van der Waals surface area contributed by atoms with Crippen molar-refractivity contribution in [3.8, 4) is 11.8 Å². The zero-order valence-corrected chi connectivity index (χ0v) is 13.6. The lowest BCUT2D eigenvalue weighted by molar-refractivity contribution is 0.795. The highest BCUT2D eigenvalue weighted by molar-refractivity contribution is 9.10. The molecule has 0 bridgehead atoms. The quantitative estimate of drug-likeness (QED) is 0.653. The summed E-state index contributed by atoms with van der Waals surface area (Å²) in [6.07, 6.45) is 3.66. The van der Waals surface area contributed by atoms with E-state index in [2.05, 4.69) is 72.0 Å². The minimum Gasteiger partial charge on any atom is -0.0654 e. The van der Waals surface area contributed by atoms with E-state index in [-0.39, 0.29) is 0 Å². The van der Waals surface area contributed by atoms with Gasteiger partial charge in [0.1, 0.15) is 0 Å². The smallest absolute Gasteiger partial charge is 0.0252 e. The van der Waals surface area contributed by atoms with E-state index in [0.29, 0.717) is 0 Å². The van der Waals surface area contributed by atoms with Gasteiger partial charge in [-0.2, -0.15) is 0 Å². The average molecular weight is 327 g/mol. The summed E-state index contributed by atoms with van der Waals surface area (Å²) in [7, 11) is 0. The van der Waals surface area contributed by atoms with Gasteiger partial charge in [0.25, 0.3) is 0 Å². The molecule has 0 unspecified atom stereocenters. The summed E-state index contributed by atoms with van der Waals surface area (Å²) in [6, 6.07) is 14.8. The maximum Gasteiger partial charge on any atom is 0.0252 e. The van der Waals surface area contributed by atoms with Crippen molar-refractivity contribution in [2.45, 2.75) is 33.1 Å². The minimum atomic E-state index is 1.06. The first-order valence-electron chi connectivity index (χ1n) is 7.06. The van der Waals surface area contributed by atoms with E-state index in [1.807, 2.05) is 12.1 Å². The molecule has 0 nitrogen and oxygen atoms in total. The van der Waals surface area contributed by atoms with Gasteiger partial charge in [-0.05, 0) is 61.2 Å². The predicted octanol–water partition coefficient (Wildman–Crippen LogP) is 5.50. The molecule has 20 heavy (non-hydrogen) atoms. The van der Waals surface area contributed by atoms with Gasteiger partial charge < -0.3 is 0 Å². The Labute approximate surface area is 130 Å². The highest BCUT2D eigenvalue weighted by Gasteiger charge is 1.95. The van der Waals surface area contributed by atoms with Crippen LogP contribution in [0.1, 0.15) is 42.0 Å². The number of hydrogen-bond donors (Lipinski definition) is 0. The second-order valence-corrected chi connectivity index (χ2v) is 5.87. The monoisotopic (exact) mass is 326 g/mol. The Hall–Kier alpha value is -1.52. The first-order chi connectivity index (χ1) is 9.69. The Bertz CT molecular complexity index is 627. The van der Waals surface area contributed by atoms with Crippen molar-refractivity contribution in [1.29, 1.82) is 0 Å². The minimum absolute atomic E-state index is 1.06. The van der Waals surface area contributed by atoms with Crippen molar-refractivity contribution >= 4 is 15.9 Å². The maximum atomic E-state index is 3.51. The van der Waals surface area contributed by atoms with Crippen LogP contribution in [-0.4, -0.2) is 0 Å². The fraction of sp³-hybridized carbons (Fsp3) is 0.263. The van der Waals surface area contributed by atoms with Crippen molar-refractivity contribution in [1.82, 2.24) is 0 Å². The summed E-state index contributed by atoms with van der Waals surface area (Å²) < 4.78 is 1.13. The van der Waals surface area contributed by atoms with Crippen molar-refractivity contribution < 1.29 is 0 Å². The molecule has 0 aliphatic heterocycles. The highest BCUT2D eigenvalue weighted by Crippen LogP contribution is 2.16. The first kappa shape index (κ1) is 14.9. The fourth-order valence-electron chi connectivity index (χ4n) is 2.00. The number of aryl methyl sites for hydroxylation is 2. The van der Waals surface area contributed by atoms with E-state index in [1.165, 1.54) is 24.0 Å². The lowest BCUT2D eigenvalue weighted by atomic mass is 10.1. The van der Waals surface area contributed by atoms with Gasteiger partial charge in [-0.1, -0.05) is 53.2 Å². The van der Waals surface area contributed by atoms with Crippen LogP contribution in [0.4, 0.5) is 0 Å². The molecule has 0 fully saturated rings. The molecule has 0 saturated heterocycles. The number of halogens is 1. The number of hydrogen-bond acceptors (Lipinski definition) is 0. The number of benzene rings is 2. The average Bonchev–Trinajstić information content (AvgIpc) is 2.47. The van der Waals surface area contributed by atoms with Gasteiger partial charge in [-0.15, -0.1) is 0 Å². The molecule has 1 heteroatoms. The summed E-state index contributed by atoms with van der Waals surface area (Å²) in [6.45, 7) is 4.30. The van der Waals surface area contributed by atoms with Crippen LogP contribution in [0.5, 0.6) is 0 Å². The van der Waals surface area contributed by atoms with Crippen LogP contribution < -0.4 is 0 Å². The van der Waals surface area contributed by atoms with Crippen LogP contribution in [0.15, 0.2) is 46.9 Å². The van der Waals surface area contributed by atoms with Crippen molar-refractivity contribution in [3.05, 3.63) is 69.2 Å². The molecule has 2 rings (SSSR count). The lowest BCUT2D eigenvalue weighted by Crippen LogP contribution is -1.85. The molecular weight excluding hydrogens is 308 g/mol. The summed E-state index contributed by atoms with van der Waals surface area (Å²) >= 11 is 3.51. The molecule has 0 radical (unpaired) electrons. The fourth-order valence-corrected chi connectivity index (χ4v) is 2.25. The van der Waals surface area contributed by atoms with Crippen LogP contribution in [0.2, 0.25) is 0 Å². The molecule has 102 valence electrons. The molecule has 2 aromatic rings. The van der Waals surface area contributed by atoms with E-state index in [0.717, 1.165) is 22.0 Å². The van der Waals surface area contributed by atoms with E-state index < -0.39 is 0 Å². The second kappa shape index (κ2) is 7.31. The summed E-state index contributed by atoms with van der Waals surface area (Å²) in [4.78, 5) is 0. The molecule has 2 aromatic carbocycles. The topological polar surface area (TPSA) is 0 Å². The van der Waals surface area contributed by atoms with E-state index in [9.17, 15) is 0 Å². The van der Waals surface area contributed by atoms with Gasteiger partial charge in [-0.25, -0.2) is 0 Å². The largest absolute Gasteiger partial charge is 0.0654 e. The van der Waals surface area contributed by atoms with Crippen LogP contribution in [0, 0.1) is 18.8 Å². The molecular formula is C19H19Br. The summed E-state index contributed by atoms with van der Waals surface area (Å²) in [5.74, 6) is 6.45. The SMILES string of the molecule is CCCCc1ccc(C#Cc2ccc(Br)c(C)c2)cc1. The molecule has 0 heterocycles. The Morgan fingerprint density at radius 1 is 0.950 bits per heavy atom. The van der Waals surface area contributed by atoms with Crippen LogP contribution in [0.25, 0.3) is 0 Å². The molecule has 0 saturated carbocycles.